The first kappa shape index (κ1) is 12.3. The number of methoxy groups -OCH3 is 1. The molecule has 0 saturated carbocycles. The molecule has 7 heteroatoms. The second-order valence-electron chi connectivity index (χ2n) is 3.48. The van der Waals surface area contributed by atoms with Gasteiger partial charge in [-0.2, -0.15) is 0 Å². The Balaban J connectivity index is 2.14. The van der Waals surface area contributed by atoms with Gasteiger partial charge in [0.15, 0.2) is 5.75 Å². The molecule has 6 nitrogen and oxygen atoms in total. The number of nitrogens with zero attached hydrogens (tertiary/aromatic N) is 2. The summed E-state index contributed by atoms with van der Waals surface area (Å²) in [7, 11) is 1.41. The van der Waals surface area contributed by atoms with Crippen LogP contribution in [-0.4, -0.2) is 17.0 Å². The van der Waals surface area contributed by atoms with Crippen LogP contribution in [0.15, 0.2) is 29.1 Å². The number of hydrogen-bond donors (Lipinski definition) is 1. The van der Waals surface area contributed by atoms with E-state index in [0.717, 1.165) is 5.69 Å². The summed E-state index contributed by atoms with van der Waals surface area (Å²) < 4.78 is 4.93. The van der Waals surface area contributed by atoms with Gasteiger partial charge in [0.2, 0.25) is 0 Å². The van der Waals surface area contributed by atoms with Crippen molar-refractivity contribution < 1.29 is 9.66 Å². The molecule has 2 aromatic rings. The van der Waals surface area contributed by atoms with Gasteiger partial charge in [-0.1, -0.05) is 0 Å². The summed E-state index contributed by atoms with van der Waals surface area (Å²) in [6.45, 7) is 0.535. The molecule has 1 N–H and O–H groups in total. The van der Waals surface area contributed by atoms with Crippen molar-refractivity contribution in [2.45, 2.75) is 6.54 Å². The molecule has 0 amide bonds. The van der Waals surface area contributed by atoms with Crippen molar-refractivity contribution in [3.8, 4) is 5.75 Å². The normalized spacial score (nSPS) is 10.1. The minimum Gasteiger partial charge on any atom is -0.490 e. The first-order chi connectivity index (χ1) is 8.70. The van der Waals surface area contributed by atoms with E-state index >= 15 is 0 Å². The van der Waals surface area contributed by atoms with Crippen molar-refractivity contribution in [2.24, 2.45) is 0 Å². The van der Waals surface area contributed by atoms with E-state index in [4.69, 9.17) is 4.74 Å². The number of aromatic nitrogens is 1. The number of nitrogens with one attached hydrogen (secondary N) is 1. The van der Waals surface area contributed by atoms with Crippen LogP contribution in [0.25, 0.3) is 0 Å². The summed E-state index contributed by atoms with van der Waals surface area (Å²) in [6, 6.07) is 4.75. The molecule has 94 valence electrons. The number of thiazole rings is 1. The molecular weight excluding hydrogens is 254 g/mol. The summed E-state index contributed by atoms with van der Waals surface area (Å²) in [5.41, 5.74) is 3.25. The lowest BCUT2D eigenvalue weighted by molar-refractivity contribution is -0.385. The van der Waals surface area contributed by atoms with E-state index in [1.165, 1.54) is 24.5 Å². The monoisotopic (exact) mass is 265 g/mol. The third kappa shape index (κ3) is 2.75. The Hall–Kier alpha value is -2.15. The molecule has 0 unspecified atom stereocenters. The van der Waals surface area contributed by atoms with Crippen LogP contribution in [0.3, 0.4) is 0 Å². The lowest BCUT2D eigenvalue weighted by atomic mass is 10.2. The molecule has 0 bridgehead atoms. The third-order valence-electron chi connectivity index (χ3n) is 2.33. The molecule has 0 aliphatic carbocycles. The third-order valence-corrected chi connectivity index (χ3v) is 2.97. The molecule has 0 aliphatic heterocycles. The molecule has 1 heterocycles. The number of ether oxygens (including phenoxy) is 1. The SMILES string of the molecule is COc1ccc(NCc2cscn2)cc1[N+](=O)[O-]. The highest BCUT2D eigenvalue weighted by molar-refractivity contribution is 7.07. The Bertz CT molecular complexity index is 542. The number of anilines is 1. The number of nitro benzene ring substituents is 1. The van der Waals surface area contributed by atoms with Crippen molar-refractivity contribution in [2.75, 3.05) is 12.4 Å². The fourth-order valence-electron chi connectivity index (χ4n) is 1.46. The van der Waals surface area contributed by atoms with Crippen molar-refractivity contribution >= 4 is 22.7 Å². The van der Waals surface area contributed by atoms with Crippen LogP contribution in [0.4, 0.5) is 11.4 Å². The zero-order valence-electron chi connectivity index (χ0n) is 9.62. The molecule has 18 heavy (non-hydrogen) atoms. The van der Waals surface area contributed by atoms with Gasteiger partial charge in [-0.3, -0.25) is 10.1 Å². The first-order valence-corrected chi connectivity index (χ1v) is 6.08. The van der Waals surface area contributed by atoms with E-state index in [1.807, 2.05) is 5.38 Å². The van der Waals surface area contributed by atoms with E-state index < -0.39 is 4.92 Å². The van der Waals surface area contributed by atoms with Gasteiger partial charge in [-0.05, 0) is 12.1 Å². The molecule has 0 atom stereocenters. The van der Waals surface area contributed by atoms with E-state index in [-0.39, 0.29) is 11.4 Å². The predicted molar refractivity (Wildman–Crippen MR) is 69.1 cm³/mol. The van der Waals surface area contributed by atoms with E-state index in [0.29, 0.717) is 12.2 Å². The van der Waals surface area contributed by atoms with Crippen LogP contribution in [0.2, 0.25) is 0 Å². The summed E-state index contributed by atoms with van der Waals surface area (Å²) in [4.78, 5) is 14.5. The van der Waals surface area contributed by atoms with Crippen LogP contribution in [0.5, 0.6) is 5.75 Å². The topological polar surface area (TPSA) is 77.3 Å². The van der Waals surface area contributed by atoms with Gasteiger partial charge in [0.1, 0.15) is 0 Å². The first-order valence-electron chi connectivity index (χ1n) is 5.14. The fourth-order valence-corrected chi connectivity index (χ4v) is 2.02. The van der Waals surface area contributed by atoms with Crippen molar-refractivity contribution in [1.29, 1.82) is 0 Å². The van der Waals surface area contributed by atoms with Crippen LogP contribution >= 0.6 is 11.3 Å². The van der Waals surface area contributed by atoms with Crippen molar-refractivity contribution in [3.05, 3.63) is 44.9 Å². The smallest absolute Gasteiger partial charge is 0.312 e. The Morgan fingerprint density at radius 1 is 1.56 bits per heavy atom. The molecular formula is C11H11N3O3S. The van der Waals surface area contributed by atoms with Crippen LogP contribution in [-0.2, 0) is 6.54 Å². The second kappa shape index (κ2) is 5.46. The average Bonchev–Trinajstić information content (AvgIpc) is 2.89. The van der Waals surface area contributed by atoms with Gasteiger partial charge >= 0.3 is 5.69 Å². The van der Waals surface area contributed by atoms with E-state index in [1.54, 1.807) is 17.6 Å². The Morgan fingerprint density at radius 3 is 3.00 bits per heavy atom. The highest BCUT2D eigenvalue weighted by atomic mass is 32.1. The van der Waals surface area contributed by atoms with E-state index in [9.17, 15) is 10.1 Å². The molecule has 1 aromatic carbocycles. The molecule has 0 fully saturated rings. The zero-order chi connectivity index (χ0) is 13.0. The summed E-state index contributed by atoms with van der Waals surface area (Å²) >= 11 is 1.51. The average molecular weight is 265 g/mol. The number of benzene rings is 1. The molecule has 0 saturated heterocycles. The van der Waals surface area contributed by atoms with Gasteiger partial charge in [-0.15, -0.1) is 11.3 Å². The lowest BCUT2D eigenvalue weighted by Gasteiger charge is -2.06. The zero-order valence-corrected chi connectivity index (χ0v) is 10.4. The van der Waals surface area contributed by atoms with Gasteiger partial charge in [0, 0.05) is 17.1 Å². The maximum absolute atomic E-state index is 10.9. The molecule has 1 aromatic heterocycles. The van der Waals surface area contributed by atoms with Gasteiger partial charge in [0.25, 0.3) is 0 Å². The molecule has 2 rings (SSSR count). The van der Waals surface area contributed by atoms with Crippen molar-refractivity contribution in [1.82, 2.24) is 4.98 Å². The maximum Gasteiger partial charge on any atom is 0.312 e. The maximum atomic E-state index is 10.9. The summed E-state index contributed by atoms with van der Waals surface area (Å²) in [6.07, 6.45) is 0. The number of rotatable bonds is 5. The Kier molecular flexibility index (Phi) is 3.73. The van der Waals surface area contributed by atoms with Crippen LogP contribution in [0, 0.1) is 10.1 Å². The standard InChI is InChI=1S/C11H11N3O3S/c1-17-11-3-2-8(4-10(11)14(15)16)12-5-9-6-18-7-13-9/h2-4,6-7,12H,5H2,1H3. The van der Waals surface area contributed by atoms with Crippen LogP contribution in [0.1, 0.15) is 5.69 Å². The lowest BCUT2D eigenvalue weighted by Crippen LogP contribution is -2.01. The summed E-state index contributed by atoms with van der Waals surface area (Å²) in [5, 5.41) is 15.9. The molecule has 0 spiro atoms. The predicted octanol–water partition coefficient (Wildman–Crippen LogP) is 2.67. The van der Waals surface area contributed by atoms with Crippen LogP contribution < -0.4 is 10.1 Å². The van der Waals surface area contributed by atoms with E-state index in [2.05, 4.69) is 10.3 Å². The minimum atomic E-state index is -0.465. The molecule has 0 radical (unpaired) electrons. The van der Waals surface area contributed by atoms with Gasteiger partial charge < -0.3 is 10.1 Å². The van der Waals surface area contributed by atoms with Crippen molar-refractivity contribution in [3.63, 3.8) is 0 Å². The highest BCUT2D eigenvalue weighted by Crippen LogP contribution is 2.29. The van der Waals surface area contributed by atoms with Gasteiger partial charge in [0.05, 0.1) is 29.8 Å². The fraction of sp³-hybridized carbons (Fsp3) is 0.182. The quantitative estimate of drug-likeness (QED) is 0.664. The number of hydrogen-bond acceptors (Lipinski definition) is 6. The molecule has 0 aliphatic rings. The number of nitro groups is 1. The Labute approximate surface area is 107 Å². The second-order valence-corrected chi connectivity index (χ2v) is 4.20. The largest absolute Gasteiger partial charge is 0.490 e. The Morgan fingerprint density at radius 2 is 2.39 bits per heavy atom. The highest BCUT2D eigenvalue weighted by Gasteiger charge is 2.14. The minimum absolute atomic E-state index is 0.0548. The summed E-state index contributed by atoms with van der Waals surface area (Å²) in [5.74, 6) is 0.249. The van der Waals surface area contributed by atoms with Gasteiger partial charge in [-0.25, -0.2) is 4.98 Å².